The molecule has 0 saturated heterocycles. The highest BCUT2D eigenvalue weighted by atomic mass is 32.2. The summed E-state index contributed by atoms with van der Waals surface area (Å²) in [4.78, 5) is 3.06. The van der Waals surface area contributed by atoms with Gasteiger partial charge < -0.3 is 5.11 Å². The van der Waals surface area contributed by atoms with Gasteiger partial charge >= 0.3 is 0 Å². The number of aliphatic hydroxyl groups is 1. The number of nitrogens with zero attached hydrogens (tertiary/aromatic N) is 1. The van der Waals surface area contributed by atoms with Crippen molar-refractivity contribution in [1.29, 1.82) is 0 Å². The average molecular weight is 255 g/mol. The molecule has 0 aromatic heterocycles. The molecule has 0 spiro atoms. The number of hydrogen-bond acceptors (Lipinski definition) is 3. The maximum atomic E-state index is 11.3. The van der Waals surface area contributed by atoms with Gasteiger partial charge in [0.05, 0.1) is 0 Å². The van der Waals surface area contributed by atoms with E-state index >= 15 is 0 Å². The molecule has 0 amide bonds. The zero-order valence-corrected chi connectivity index (χ0v) is 11.5. The highest BCUT2D eigenvalue weighted by molar-refractivity contribution is 7.84. The van der Waals surface area contributed by atoms with E-state index in [9.17, 15) is 4.21 Å². The molecule has 0 fully saturated rings. The largest absolute Gasteiger partial charge is 0.396 e. The van der Waals surface area contributed by atoms with Gasteiger partial charge in [-0.25, -0.2) is 0 Å². The summed E-state index contributed by atoms with van der Waals surface area (Å²) in [5, 5.41) is 8.80. The molecule has 17 heavy (non-hydrogen) atoms. The van der Waals surface area contributed by atoms with E-state index in [0.717, 1.165) is 17.9 Å². The summed E-state index contributed by atoms with van der Waals surface area (Å²) in [6, 6.07) is 8.19. The standard InChI is InChI=1S/C13H21NO2S/c1-11(14(2)9-4-10-15)12-5-7-13(8-6-12)17(3)16/h5-8,11,15H,4,9-10H2,1-3H3. The van der Waals surface area contributed by atoms with E-state index < -0.39 is 10.8 Å². The minimum atomic E-state index is -0.913. The van der Waals surface area contributed by atoms with Gasteiger partial charge in [-0.05, 0) is 38.1 Å². The van der Waals surface area contributed by atoms with Crippen LogP contribution in [0.15, 0.2) is 29.2 Å². The number of aliphatic hydroxyl groups excluding tert-OH is 1. The first kappa shape index (κ1) is 14.4. The lowest BCUT2D eigenvalue weighted by molar-refractivity contribution is 0.216. The Hall–Kier alpha value is -0.710. The van der Waals surface area contributed by atoms with Crippen LogP contribution >= 0.6 is 0 Å². The summed E-state index contributed by atoms with van der Waals surface area (Å²) in [6.45, 7) is 3.24. The first-order valence-electron chi connectivity index (χ1n) is 5.80. The molecule has 0 aliphatic rings. The highest BCUT2D eigenvalue weighted by Gasteiger charge is 2.11. The predicted molar refractivity (Wildman–Crippen MR) is 71.5 cm³/mol. The molecule has 1 N–H and O–H groups in total. The van der Waals surface area contributed by atoms with Gasteiger partial charge in [0.15, 0.2) is 0 Å². The Balaban J connectivity index is 2.68. The Morgan fingerprint density at radius 1 is 1.35 bits per heavy atom. The van der Waals surface area contributed by atoms with Crippen molar-refractivity contribution in [3.05, 3.63) is 29.8 Å². The fourth-order valence-electron chi connectivity index (χ4n) is 1.71. The Morgan fingerprint density at radius 2 is 1.94 bits per heavy atom. The molecule has 0 heterocycles. The SMILES string of the molecule is CC(c1ccc(S(C)=O)cc1)N(C)CCCO. The number of benzene rings is 1. The first-order chi connectivity index (χ1) is 8.06. The van der Waals surface area contributed by atoms with Gasteiger partial charge in [0.1, 0.15) is 0 Å². The molecule has 1 rings (SSSR count). The Labute approximate surface area is 106 Å². The van der Waals surface area contributed by atoms with E-state index in [4.69, 9.17) is 5.11 Å². The zero-order valence-electron chi connectivity index (χ0n) is 10.7. The first-order valence-corrected chi connectivity index (χ1v) is 7.36. The van der Waals surface area contributed by atoms with Crippen LogP contribution in [-0.4, -0.2) is 40.7 Å². The molecule has 96 valence electrons. The fourth-order valence-corrected chi connectivity index (χ4v) is 2.23. The molecule has 4 heteroatoms. The third-order valence-electron chi connectivity index (χ3n) is 3.02. The van der Waals surface area contributed by atoms with Crippen LogP contribution in [0.2, 0.25) is 0 Å². The van der Waals surface area contributed by atoms with Crippen molar-refractivity contribution in [3.63, 3.8) is 0 Å². The minimum Gasteiger partial charge on any atom is -0.396 e. The minimum absolute atomic E-state index is 0.227. The highest BCUT2D eigenvalue weighted by Crippen LogP contribution is 2.20. The van der Waals surface area contributed by atoms with Crippen LogP contribution < -0.4 is 0 Å². The summed E-state index contributed by atoms with van der Waals surface area (Å²) >= 11 is 0. The maximum absolute atomic E-state index is 11.3. The summed E-state index contributed by atoms with van der Waals surface area (Å²) in [5.41, 5.74) is 1.21. The van der Waals surface area contributed by atoms with Crippen LogP contribution in [0.3, 0.4) is 0 Å². The number of hydrogen-bond donors (Lipinski definition) is 1. The van der Waals surface area contributed by atoms with E-state index in [1.165, 1.54) is 5.56 Å². The molecule has 0 saturated carbocycles. The van der Waals surface area contributed by atoms with Gasteiger partial charge in [0, 0.05) is 41.1 Å². The third kappa shape index (κ3) is 4.22. The van der Waals surface area contributed by atoms with Gasteiger partial charge in [-0.15, -0.1) is 0 Å². The molecular weight excluding hydrogens is 234 g/mol. The lowest BCUT2D eigenvalue weighted by Crippen LogP contribution is -2.24. The van der Waals surface area contributed by atoms with E-state index in [1.807, 2.05) is 31.3 Å². The summed E-state index contributed by atoms with van der Waals surface area (Å²) < 4.78 is 11.3. The molecule has 0 aliphatic heterocycles. The van der Waals surface area contributed by atoms with Crippen LogP contribution in [0.4, 0.5) is 0 Å². The van der Waals surface area contributed by atoms with Crippen molar-refractivity contribution in [1.82, 2.24) is 4.90 Å². The van der Waals surface area contributed by atoms with Crippen molar-refractivity contribution in [2.45, 2.75) is 24.3 Å². The van der Waals surface area contributed by atoms with Gasteiger partial charge in [-0.2, -0.15) is 0 Å². The average Bonchev–Trinajstić information content (AvgIpc) is 2.35. The second kappa shape index (κ2) is 6.89. The molecule has 3 nitrogen and oxygen atoms in total. The molecule has 1 aromatic carbocycles. The normalized spacial score (nSPS) is 14.9. The number of rotatable bonds is 6. The Morgan fingerprint density at radius 3 is 2.41 bits per heavy atom. The second-order valence-electron chi connectivity index (χ2n) is 4.26. The van der Waals surface area contributed by atoms with Crippen LogP contribution in [0, 0.1) is 0 Å². The maximum Gasteiger partial charge on any atom is 0.0498 e. The van der Waals surface area contributed by atoms with Crippen molar-refractivity contribution < 1.29 is 9.32 Å². The molecule has 1 aromatic rings. The van der Waals surface area contributed by atoms with Crippen molar-refractivity contribution in [3.8, 4) is 0 Å². The Bertz CT molecular complexity index is 364. The van der Waals surface area contributed by atoms with Crippen molar-refractivity contribution in [2.24, 2.45) is 0 Å². The van der Waals surface area contributed by atoms with E-state index in [0.29, 0.717) is 6.04 Å². The summed E-state index contributed by atoms with van der Waals surface area (Å²) in [7, 11) is 1.14. The van der Waals surface area contributed by atoms with Gasteiger partial charge in [-0.1, -0.05) is 12.1 Å². The molecule has 0 bridgehead atoms. The molecule has 2 unspecified atom stereocenters. The summed E-state index contributed by atoms with van der Waals surface area (Å²) in [6.07, 6.45) is 2.48. The monoisotopic (exact) mass is 255 g/mol. The molecule has 0 aliphatic carbocycles. The van der Waals surface area contributed by atoms with Crippen LogP contribution in [0.25, 0.3) is 0 Å². The lowest BCUT2D eigenvalue weighted by Gasteiger charge is -2.24. The van der Waals surface area contributed by atoms with Gasteiger partial charge in [-0.3, -0.25) is 9.11 Å². The second-order valence-corrected chi connectivity index (χ2v) is 5.64. The topological polar surface area (TPSA) is 40.5 Å². The quantitative estimate of drug-likeness (QED) is 0.842. The summed E-state index contributed by atoms with van der Waals surface area (Å²) in [5.74, 6) is 0. The van der Waals surface area contributed by atoms with Crippen molar-refractivity contribution in [2.75, 3.05) is 26.5 Å². The van der Waals surface area contributed by atoms with Crippen LogP contribution in [-0.2, 0) is 10.8 Å². The van der Waals surface area contributed by atoms with E-state index in [2.05, 4.69) is 11.8 Å². The van der Waals surface area contributed by atoms with Crippen LogP contribution in [0.5, 0.6) is 0 Å². The lowest BCUT2D eigenvalue weighted by atomic mass is 10.1. The van der Waals surface area contributed by atoms with Crippen molar-refractivity contribution >= 4 is 10.8 Å². The van der Waals surface area contributed by atoms with Gasteiger partial charge in [0.25, 0.3) is 0 Å². The van der Waals surface area contributed by atoms with E-state index in [-0.39, 0.29) is 6.61 Å². The Kier molecular flexibility index (Phi) is 5.82. The van der Waals surface area contributed by atoms with E-state index in [1.54, 1.807) is 6.26 Å². The molecule has 0 radical (unpaired) electrons. The molecular formula is C13H21NO2S. The smallest absolute Gasteiger partial charge is 0.0498 e. The van der Waals surface area contributed by atoms with Gasteiger partial charge in [0.2, 0.25) is 0 Å². The third-order valence-corrected chi connectivity index (χ3v) is 3.96. The zero-order chi connectivity index (χ0) is 12.8. The predicted octanol–water partition coefficient (Wildman–Crippen LogP) is 1.80. The molecule has 2 atom stereocenters. The van der Waals surface area contributed by atoms with Crippen LogP contribution in [0.1, 0.15) is 24.9 Å². The fraction of sp³-hybridized carbons (Fsp3) is 0.538.